The molecular weight excluding hydrogens is 274 g/mol. The summed E-state index contributed by atoms with van der Waals surface area (Å²) < 4.78 is 5.37. The number of methoxy groups -OCH3 is 1. The highest BCUT2D eigenvalue weighted by Crippen LogP contribution is 2.27. The Morgan fingerprint density at radius 1 is 0.864 bits per heavy atom. The van der Waals surface area contributed by atoms with E-state index in [9.17, 15) is 0 Å². The predicted octanol–water partition coefficient (Wildman–Crippen LogP) is 3.65. The molecule has 0 aliphatic heterocycles. The van der Waals surface area contributed by atoms with Crippen molar-refractivity contribution in [2.75, 3.05) is 7.11 Å². The van der Waals surface area contributed by atoms with Gasteiger partial charge in [-0.3, -0.25) is 0 Å². The predicted molar refractivity (Wildman–Crippen MR) is 86.8 cm³/mol. The number of hydrogen-bond donors (Lipinski definition) is 0. The minimum absolute atomic E-state index is 0.583. The molecule has 0 unspecified atom stereocenters. The highest BCUT2D eigenvalue weighted by molar-refractivity contribution is 6.11. The summed E-state index contributed by atoms with van der Waals surface area (Å²) in [4.78, 5) is 13.4. The first-order chi connectivity index (χ1) is 10.9. The van der Waals surface area contributed by atoms with Crippen molar-refractivity contribution in [2.24, 2.45) is 4.99 Å². The van der Waals surface area contributed by atoms with Crippen molar-refractivity contribution in [3.63, 3.8) is 0 Å². The molecule has 0 aliphatic rings. The largest absolute Gasteiger partial charge is 0.494 e. The molecule has 0 N–H and O–H groups in total. The number of ether oxygens (including phenoxy) is 1. The molecule has 0 saturated heterocycles. The summed E-state index contributed by atoms with van der Waals surface area (Å²) in [5.74, 6) is 1.30. The minimum Gasteiger partial charge on any atom is -0.494 e. The summed E-state index contributed by atoms with van der Waals surface area (Å²) in [5, 5.41) is 0. The second-order valence-corrected chi connectivity index (χ2v) is 4.57. The van der Waals surface area contributed by atoms with Gasteiger partial charge in [0.15, 0.2) is 5.82 Å². The minimum atomic E-state index is 0.583. The number of nitrogens with zero attached hydrogens (tertiary/aromatic N) is 3. The van der Waals surface area contributed by atoms with Crippen LogP contribution in [0.15, 0.2) is 78.0 Å². The topological polar surface area (TPSA) is 47.4 Å². The van der Waals surface area contributed by atoms with Gasteiger partial charge in [0.1, 0.15) is 17.1 Å². The highest BCUT2D eigenvalue weighted by atomic mass is 16.5. The molecule has 0 spiro atoms. The first-order valence-corrected chi connectivity index (χ1v) is 6.93. The third-order valence-electron chi connectivity index (χ3n) is 3.14. The number of benzene rings is 2. The Balaban J connectivity index is 2.16. The van der Waals surface area contributed by atoms with Crippen LogP contribution in [0.3, 0.4) is 0 Å². The molecule has 0 amide bonds. The van der Waals surface area contributed by atoms with Gasteiger partial charge in [-0.2, -0.15) is 0 Å². The number of hydrogen-bond acceptors (Lipinski definition) is 4. The van der Waals surface area contributed by atoms with E-state index >= 15 is 0 Å². The molecule has 0 aliphatic carbocycles. The lowest BCUT2D eigenvalue weighted by Gasteiger charge is -2.08. The summed E-state index contributed by atoms with van der Waals surface area (Å²) in [7, 11) is 1.63. The van der Waals surface area contributed by atoms with E-state index in [1.807, 2.05) is 54.6 Å². The first-order valence-electron chi connectivity index (χ1n) is 6.93. The van der Waals surface area contributed by atoms with E-state index < -0.39 is 0 Å². The molecule has 22 heavy (non-hydrogen) atoms. The Labute approximate surface area is 129 Å². The molecular formula is C18H15N3O. The average Bonchev–Trinajstić information content (AvgIpc) is 2.61. The summed E-state index contributed by atoms with van der Waals surface area (Å²) in [6.45, 7) is 0. The molecule has 2 aromatic carbocycles. The van der Waals surface area contributed by atoms with E-state index in [0.717, 1.165) is 11.3 Å². The number of aromatic nitrogens is 2. The van der Waals surface area contributed by atoms with Gasteiger partial charge in [-0.25, -0.2) is 15.0 Å². The zero-order chi connectivity index (χ0) is 15.2. The van der Waals surface area contributed by atoms with Crippen LogP contribution in [0.1, 0.15) is 11.4 Å². The number of rotatable bonds is 4. The third kappa shape index (κ3) is 3.01. The van der Waals surface area contributed by atoms with Crippen molar-refractivity contribution in [1.29, 1.82) is 0 Å². The highest BCUT2D eigenvalue weighted by Gasteiger charge is 2.11. The zero-order valence-corrected chi connectivity index (χ0v) is 12.2. The fourth-order valence-electron chi connectivity index (χ4n) is 2.10. The van der Waals surface area contributed by atoms with E-state index in [1.165, 1.54) is 0 Å². The Hall–Kier alpha value is -3.01. The van der Waals surface area contributed by atoms with E-state index in [-0.39, 0.29) is 0 Å². The maximum Gasteiger partial charge on any atom is 0.178 e. The normalized spacial score (nSPS) is 11.2. The van der Waals surface area contributed by atoms with Crippen LogP contribution in [0.25, 0.3) is 0 Å². The molecule has 0 fully saturated rings. The van der Waals surface area contributed by atoms with E-state index in [1.54, 1.807) is 25.6 Å². The van der Waals surface area contributed by atoms with Gasteiger partial charge in [0.05, 0.1) is 7.11 Å². The van der Waals surface area contributed by atoms with Crippen LogP contribution in [0.5, 0.6) is 5.75 Å². The molecule has 3 aromatic rings. The standard InChI is InChI=1S/C18H15N3O/c1-22-16-11-6-5-10-15(16)21-17(14-8-3-2-4-9-14)18-19-12-7-13-20-18/h2-13H,1H3. The molecule has 108 valence electrons. The van der Waals surface area contributed by atoms with Gasteiger partial charge in [-0.1, -0.05) is 42.5 Å². The lowest BCUT2D eigenvalue weighted by Crippen LogP contribution is -2.07. The molecule has 1 aromatic heterocycles. The molecule has 0 saturated carbocycles. The molecule has 1 heterocycles. The summed E-state index contributed by atoms with van der Waals surface area (Å²) in [6.07, 6.45) is 3.42. The third-order valence-corrected chi connectivity index (χ3v) is 3.14. The van der Waals surface area contributed by atoms with Gasteiger partial charge in [-0.15, -0.1) is 0 Å². The lowest BCUT2D eigenvalue weighted by molar-refractivity contribution is 0.416. The van der Waals surface area contributed by atoms with Crippen molar-refractivity contribution in [2.45, 2.75) is 0 Å². The van der Waals surface area contributed by atoms with Gasteiger partial charge in [0.2, 0.25) is 0 Å². The summed E-state index contributed by atoms with van der Waals surface area (Å²) in [6, 6.07) is 19.3. The van der Waals surface area contributed by atoms with E-state index in [4.69, 9.17) is 9.73 Å². The Morgan fingerprint density at radius 3 is 2.27 bits per heavy atom. The van der Waals surface area contributed by atoms with Gasteiger partial charge < -0.3 is 4.74 Å². The quantitative estimate of drug-likeness (QED) is 0.689. The van der Waals surface area contributed by atoms with Crippen LogP contribution in [-0.4, -0.2) is 22.8 Å². The smallest absolute Gasteiger partial charge is 0.178 e. The average molecular weight is 289 g/mol. The first kappa shape index (κ1) is 13.9. The van der Waals surface area contributed by atoms with Crippen molar-refractivity contribution in [1.82, 2.24) is 9.97 Å². The lowest BCUT2D eigenvalue weighted by atomic mass is 10.1. The molecule has 4 heteroatoms. The Bertz CT molecular complexity index is 729. The molecule has 3 rings (SSSR count). The van der Waals surface area contributed by atoms with Crippen LogP contribution in [-0.2, 0) is 0 Å². The van der Waals surface area contributed by atoms with Crippen molar-refractivity contribution >= 4 is 11.4 Å². The van der Waals surface area contributed by atoms with Gasteiger partial charge in [0.25, 0.3) is 0 Å². The summed E-state index contributed by atoms with van der Waals surface area (Å²) in [5.41, 5.74) is 2.42. The Kier molecular flexibility index (Phi) is 4.20. The zero-order valence-electron chi connectivity index (χ0n) is 12.2. The molecule has 0 bridgehead atoms. The SMILES string of the molecule is COc1ccccc1N=C(c1ccccc1)c1ncccn1. The number of aliphatic imine (C=N–C) groups is 1. The van der Waals surface area contributed by atoms with Crippen molar-refractivity contribution in [3.05, 3.63) is 84.4 Å². The second-order valence-electron chi connectivity index (χ2n) is 4.57. The van der Waals surface area contributed by atoms with Crippen LogP contribution in [0.4, 0.5) is 5.69 Å². The maximum atomic E-state index is 5.37. The van der Waals surface area contributed by atoms with Crippen molar-refractivity contribution in [3.8, 4) is 5.75 Å². The van der Waals surface area contributed by atoms with Crippen LogP contribution < -0.4 is 4.74 Å². The fraction of sp³-hybridized carbons (Fsp3) is 0.0556. The molecule has 4 nitrogen and oxygen atoms in total. The summed E-state index contributed by atoms with van der Waals surface area (Å²) >= 11 is 0. The molecule has 0 atom stereocenters. The Morgan fingerprint density at radius 2 is 1.55 bits per heavy atom. The molecule has 0 radical (unpaired) electrons. The van der Waals surface area contributed by atoms with E-state index in [2.05, 4.69) is 9.97 Å². The van der Waals surface area contributed by atoms with Crippen LogP contribution >= 0.6 is 0 Å². The van der Waals surface area contributed by atoms with Crippen molar-refractivity contribution < 1.29 is 4.74 Å². The van der Waals surface area contributed by atoms with E-state index in [0.29, 0.717) is 17.3 Å². The maximum absolute atomic E-state index is 5.37. The number of para-hydroxylation sites is 2. The van der Waals surface area contributed by atoms with Gasteiger partial charge in [0, 0.05) is 18.0 Å². The van der Waals surface area contributed by atoms with Gasteiger partial charge in [-0.05, 0) is 18.2 Å². The second kappa shape index (κ2) is 6.63. The van der Waals surface area contributed by atoms with Gasteiger partial charge >= 0.3 is 0 Å². The fourth-order valence-corrected chi connectivity index (χ4v) is 2.10. The van der Waals surface area contributed by atoms with Crippen LogP contribution in [0.2, 0.25) is 0 Å². The van der Waals surface area contributed by atoms with Crippen LogP contribution in [0, 0.1) is 0 Å². The monoisotopic (exact) mass is 289 g/mol.